The van der Waals surface area contributed by atoms with Gasteiger partial charge in [-0.1, -0.05) is 57.5 Å². The Bertz CT molecular complexity index is 967. The molecule has 2 amide bonds. The average Bonchev–Trinajstić information content (AvgIpc) is 3.50. The number of hydrogen-bond acceptors (Lipinski definition) is 3. The summed E-state index contributed by atoms with van der Waals surface area (Å²) in [4.78, 5) is 26.5. The first kappa shape index (κ1) is 23.9. The molecule has 0 spiro atoms. The van der Waals surface area contributed by atoms with Gasteiger partial charge in [-0.15, -0.1) is 0 Å². The van der Waals surface area contributed by atoms with Crippen LogP contribution in [0, 0.1) is 17.8 Å². The van der Waals surface area contributed by atoms with E-state index in [9.17, 15) is 14.7 Å². The molecule has 1 fully saturated rings. The van der Waals surface area contributed by atoms with Crippen LogP contribution in [0.15, 0.2) is 42.5 Å². The summed E-state index contributed by atoms with van der Waals surface area (Å²) in [6.07, 6.45) is 0.627. The number of carboxylic acid groups (broad SMARTS) is 1. The molecule has 3 rings (SSSR count). The molecule has 2 aromatic rings. The van der Waals surface area contributed by atoms with Crippen LogP contribution in [0.1, 0.15) is 45.6 Å². The SMILES string of the molecule is CC(C)CN(CC(C)C)c1ccc([C@H]2C[C@H]2C(=O)O)cc1NC(=O)Nc1ccccc1Cl. The van der Waals surface area contributed by atoms with Gasteiger partial charge in [0.2, 0.25) is 0 Å². The summed E-state index contributed by atoms with van der Waals surface area (Å²) >= 11 is 6.18. The highest BCUT2D eigenvalue weighted by Crippen LogP contribution is 2.49. The number of carbonyl (C=O) groups excluding carboxylic acids is 1. The van der Waals surface area contributed by atoms with Crippen LogP contribution in [0.3, 0.4) is 0 Å². The molecule has 2 atom stereocenters. The topological polar surface area (TPSA) is 81.7 Å². The maximum absolute atomic E-state index is 12.8. The Balaban J connectivity index is 1.90. The number of urea groups is 1. The fraction of sp³-hybridized carbons (Fsp3) is 0.440. The number of benzene rings is 2. The number of aliphatic carboxylic acids is 1. The summed E-state index contributed by atoms with van der Waals surface area (Å²) < 4.78 is 0. The predicted molar refractivity (Wildman–Crippen MR) is 131 cm³/mol. The molecule has 0 saturated heterocycles. The zero-order valence-electron chi connectivity index (χ0n) is 19.1. The van der Waals surface area contributed by atoms with E-state index in [-0.39, 0.29) is 11.8 Å². The third kappa shape index (κ3) is 6.16. The molecule has 0 radical (unpaired) electrons. The van der Waals surface area contributed by atoms with Gasteiger partial charge < -0.3 is 20.6 Å². The third-order valence-corrected chi connectivity index (χ3v) is 5.77. The van der Waals surface area contributed by atoms with Crippen LogP contribution in [0.5, 0.6) is 0 Å². The number of anilines is 3. The standard InChI is InChI=1S/C25H32ClN3O3/c1-15(2)13-29(14-16(3)4)23-10-9-17(18-12-19(18)24(30)31)11-22(23)28-25(32)27-21-8-6-5-7-20(21)26/h5-11,15-16,18-19H,12-14H2,1-4H3,(H,30,31)(H2,27,28,32)/t18-,19-/m1/s1. The minimum Gasteiger partial charge on any atom is -0.481 e. The van der Waals surface area contributed by atoms with Crippen molar-refractivity contribution in [2.24, 2.45) is 17.8 Å². The molecule has 1 saturated carbocycles. The van der Waals surface area contributed by atoms with Gasteiger partial charge in [0, 0.05) is 13.1 Å². The lowest BCUT2D eigenvalue weighted by Gasteiger charge is -2.30. The fourth-order valence-electron chi connectivity index (χ4n) is 3.99. The minimum absolute atomic E-state index is 0.0163. The summed E-state index contributed by atoms with van der Waals surface area (Å²) in [5, 5.41) is 15.6. The van der Waals surface area contributed by atoms with Gasteiger partial charge in [0.05, 0.1) is 28.0 Å². The molecule has 2 aromatic carbocycles. The summed E-state index contributed by atoms with van der Waals surface area (Å²) in [5.41, 5.74) is 3.06. The summed E-state index contributed by atoms with van der Waals surface area (Å²) in [7, 11) is 0. The van der Waals surface area contributed by atoms with Gasteiger partial charge in [-0.05, 0) is 54.0 Å². The molecule has 1 aliphatic rings. The maximum atomic E-state index is 12.8. The number of carbonyl (C=O) groups is 2. The second-order valence-corrected chi connectivity index (χ2v) is 9.72. The number of nitrogens with one attached hydrogen (secondary N) is 2. The van der Waals surface area contributed by atoms with E-state index in [0.717, 1.165) is 24.3 Å². The fourth-order valence-corrected chi connectivity index (χ4v) is 4.17. The van der Waals surface area contributed by atoms with E-state index in [1.165, 1.54) is 0 Å². The molecule has 1 aliphatic carbocycles. The zero-order chi connectivity index (χ0) is 23.4. The zero-order valence-corrected chi connectivity index (χ0v) is 19.8. The number of hydrogen-bond donors (Lipinski definition) is 3. The number of para-hydroxylation sites is 1. The monoisotopic (exact) mass is 457 g/mol. The van der Waals surface area contributed by atoms with Crippen LogP contribution in [-0.4, -0.2) is 30.2 Å². The van der Waals surface area contributed by atoms with E-state index >= 15 is 0 Å². The molecule has 6 nitrogen and oxygen atoms in total. The molecule has 7 heteroatoms. The normalized spacial score (nSPS) is 17.3. The quantitative estimate of drug-likeness (QED) is 0.413. The highest BCUT2D eigenvalue weighted by molar-refractivity contribution is 6.33. The van der Waals surface area contributed by atoms with Crippen molar-refractivity contribution in [1.82, 2.24) is 0 Å². The lowest BCUT2D eigenvalue weighted by atomic mass is 10.0. The van der Waals surface area contributed by atoms with Crippen LogP contribution in [0.2, 0.25) is 5.02 Å². The van der Waals surface area contributed by atoms with Crippen molar-refractivity contribution in [2.75, 3.05) is 28.6 Å². The lowest BCUT2D eigenvalue weighted by molar-refractivity contribution is -0.138. The number of rotatable bonds is 9. The van der Waals surface area contributed by atoms with Gasteiger partial charge in [-0.2, -0.15) is 0 Å². The van der Waals surface area contributed by atoms with E-state index in [4.69, 9.17) is 11.6 Å². The Morgan fingerprint density at radius 3 is 2.22 bits per heavy atom. The molecular weight excluding hydrogens is 426 g/mol. The Labute approximate surface area is 195 Å². The molecule has 0 bridgehead atoms. The number of amides is 2. The molecule has 172 valence electrons. The summed E-state index contributed by atoms with van der Waals surface area (Å²) in [5.74, 6) is -0.257. The largest absolute Gasteiger partial charge is 0.481 e. The summed E-state index contributed by atoms with van der Waals surface area (Å²) in [6, 6.07) is 12.6. The maximum Gasteiger partial charge on any atom is 0.323 e. The van der Waals surface area contributed by atoms with E-state index in [1.54, 1.807) is 24.3 Å². The first-order valence-corrected chi connectivity index (χ1v) is 11.5. The highest BCUT2D eigenvalue weighted by atomic mass is 35.5. The third-order valence-electron chi connectivity index (χ3n) is 5.44. The number of nitrogens with zero attached hydrogens (tertiary/aromatic N) is 1. The molecule has 0 heterocycles. The van der Waals surface area contributed by atoms with Crippen molar-refractivity contribution in [3.8, 4) is 0 Å². The van der Waals surface area contributed by atoms with Crippen molar-refractivity contribution in [3.63, 3.8) is 0 Å². The second kappa shape index (κ2) is 10.3. The molecule has 3 N–H and O–H groups in total. The van der Waals surface area contributed by atoms with E-state index in [0.29, 0.717) is 34.7 Å². The molecule has 32 heavy (non-hydrogen) atoms. The van der Waals surface area contributed by atoms with Crippen LogP contribution < -0.4 is 15.5 Å². The van der Waals surface area contributed by atoms with Gasteiger partial charge in [0.25, 0.3) is 0 Å². The van der Waals surface area contributed by atoms with Gasteiger partial charge >= 0.3 is 12.0 Å². The van der Waals surface area contributed by atoms with Gasteiger partial charge in [-0.3, -0.25) is 4.79 Å². The average molecular weight is 458 g/mol. The minimum atomic E-state index is -0.772. The van der Waals surface area contributed by atoms with Crippen molar-refractivity contribution >= 4 is 40.7 Å². The van der Waals surface area contributed by atoms with E-state index < -0.39 is 12.0 Å². The number of carboxylic acids is 1. The first-order valence-electron chi connectivity index (χ1n) is 11.1. The van der Waals surface area contributed by atoms with E-state index in [2.05, 4.69) is 43.2 Å². The Morgan fingerprint density at radius 1 is 1.03 bits per heavy atom. The lowest BCUT2D eigenvalue weighted by Crippen LogP contribution is -2.32. The van der Waals surface area contributed by atoms with Crippen molar-refractivity contribution in [3.05, 3.63) is 53.1 Å². The van der Waals surface area contributed by atoms with E-state index in [1.807, 2.05) is 18.2 Å². The van der Waals surface area contributed by atoms with Gasteiger partial charge in [0.1, 0.15) is 0 Å². The van der Waals surface area contributed by atoms with Crippen molar-refractivity contribution in [1.29, 1.82) is 0 Å². The van der Waals surface area contributed by atoms with Crippen molar-refractivity contribution < 1.29 is 14.7 Å². The first-order chi connectivity index (χ1) is 15.2. The van der Waals surface area contributed by atoms with Crippen LogP contribution in [0.4, 0.5) is 21.9 Å². The van der Waals surface area contributed by atoms with Crippen LogP contribution in [-0.2, 0) is 4.79 Å². The number of halogens is 1. The Morgan fingerprint density at radius 2 is 1.66 bits per heavy atom. The van der Waals surface area contributed by atoms with Crippen LogP contribution in [0.25, 0.3) is 0 Å². The Hall–Kier alpha value is -2.73. The van der Waals surface area contributed by atoms with Gasteiger partial charge in [0.15, 0.2) is 0 Å². The van der Waals surface area contributed by atoms with Gasteiger partial charge in [-0.25, -0.2) is 4.79 Å². The summed E-state index contributed by atoms with van der Waals surface area (Å²) in [6.45, 7) is 10.4. The van der Waals surface area contributed by atoms with Crippen molar-refractivity contribution in [2.45, 2.75) is 40.0 Å². The Kier molecular flexibility index (Phi) is 7.67. The molecule has 0 unspecified atom stereocenters. The second-order valence-electron chi connectivity index (χ2n) is 9.32. The molecule has 0 aliphatic heterocycles. The molecular formula is C25H32ClN3O3. The van der Waals surface area contributed by atoms with Crippen LogP contribution >= 0.6 is 11.6 Å². The predicted octanol–water partition coefficient (Wildman–Crippen LogP) is 6.29. The highest BCUT2D eigenvalue weighted by Gasteiger charge is 2.44. The molecule has 0 aromatic heterocycles. The smallest absolute Gasteiger partial charge is 0.323 e.